The maximum atomic E-state index is 12.6. The molecule has 2 aromatic rings. The molecule has 1 aliphatic heterocycles. The van der Waals surface area contributed by atoms with E-state index < -0.39 is 0 Å². The van der Waals surface area contributed by atoms with Crippen LogP contribution in [0, 0.1) is 6.92 Å². The lowest BCUT2D eigenvalue weighted by molar-refractivity contribution is 0.0746. The number of carbonyl (C=O) groups excluding carboxylic acids is 1. The van der Waals surface area contributed by atoms with E-state index in [4.69, 9.17) is 11.6 Å². The van der Waals surface area contributed by atoms with Crippen molar-refractivity contribution in [3.63, 3.8) is 0 Å². The van der Waals surface area contributed by atoms with Gasteiger partial charge >= 0.3 is 0 Å². The average Bonchev–Trinajstić information content (AvgIpc) is 2.57. The molecule has 0 atom stereocenters. The lowest BCUT2D eigenvalue weighted by Gasteiger charge is -2.37. The standard InChI is InChI=1S/C18H18BrClN2O/c1-13-6-7-14(20)12-17(13)21-8-10-22(11-9-21)18(23)15-4-2-3-5-16(15)19/h2-7,12H,8-11H2,1H3. The molecule has 120 valence electrons. The topological polar surface area (TPSA) is 23.6 Å². The number of halogens is 2. The number of hydrogen-bond donors (Lipinski definition) is 0. The average molecular weight is 394 g/mol. The minimum Gasteiger partial charge on any atom is -0.368 e. The maximum Gasteiger partial charge on any atom is 0.255 e. The van der Waals surface area contributed by atoms with Crippen LogP contribution in [0.15, 0.2) is 46.9 Å². The molecule has 0 aromatic heterocycles. The molecule has 3 nitrogen and oxygen atoms in total. The molecule has 0 spiro atoms. The van der Waals surface area contributed by atoms with Gasteiger partial charge in [0, 0.05) is 41.4 Å². The number of anilines is 1. The molecule has 0 aliphatic carbocycles. The molecule has 0 unspecified atom stereocenters. The highest BCUT2D eigenvalue weighted by atomic mass is 79.9. The summed E-state index contributed by atoms with van der Waals surface area (Å²) in [5.74, 6) is 0.0833. The molecular weight excluding hydrogens is 376 g/mol. The van der Waals surface area contributed by atoms with Gasteiger partial charge in [-0.1, -0.05) is 29.8 Å². The summed E-state index contributed by atoms with van der Waals surface area (Å²) in [6.45, 7) is 5.15. The monoisotopic (exact) mass is 392 g/mol. The second-order valence-corrected chi connectivity index (χ2v) is 6.98. The van der Waals surface area contributed by atoms with Crippen molar-refractivity contribution in [3.05, 3.63) is 63.1 Å². The number of benzene rings is 2. The zero-order valence-electron chi connectivity index (χ0n) is 12.9. The summed E-state index contributed by atoms with van der Waals surface area (Å²) in [5, 5.41) is 0.748. The molecule has 23 heavy (non-hydrogen) atoms. The molecule has 1 heterocycles. The lowest BCUT2D eigenvalue weighted by Crippen LogP contribution is -2.49. The summed E-state index contributed by atoms with van der Waals surface area (Å²) < 4.78 is 0.845. The third kappa shape index (κ3) is 3.54. The number of rotatable bonds is 2. The zero-order chi connectivity index (χ0) is 16.4. The normalized spacial score (nSPS) is 14.9. The Bertz CT molecular complexity index is 727. The van der Waals surface area contributed by atoms with Gasteiger partial charge in [-0.3, -0.25) is 4.79 Å². The number of aryl methyl sites for hydroxylation is 1. The lowest BCUT2D eigenvalue weighted by atomic mass is 10.1. The number of amides is 1. The van der Waals surface area contributed by atoms with Gasteiger partial charge in [0.1, 0.15) is 0 Å². The number of carbonyl (C=O) groups is 1. The molecule has 0 radical (unpaired) electrons. The molecule has 5 heteroatoms. The fourth-order valence-electron chi connectivity index (χ4n) is 2.88. The highest BCUT2D eigenvalue weighted by molar-refractivity contribution is 9.10. The first-order valence-corrected chi connectivity index (χ1v) is 8.78. The van der Waals surface area contributed by atoms with Gasteiger partial charge < -0.3 is 9.80 Å². The summed E-state index contributed by atoms with van der Waals surface area (Å²) in [5.41, 5.74) is 3.09. The Morgan fingerprint density at radius 3 is 2.48 bits per heavy atom. The SMILES string of the molecule is Cc1ccc(Cl)cc1N1CCN(C(=O)c2ccccc2Br)CC1. The molecule has 0 saturated carbocycles. The Morgan fingerprint density at radius 2 is 1.78 bits per heavy atom. The van der Waals surface area contributed by atoms with Crippen LogP contribution in [0.4, 0.5) is 5.69 Å². The zero-order valence-corrected chi connectivity index (χ0v) is 15.3. The molecular formula is C18H18BrClN2O. The molecule has 1 aliphatic rings. The van der Waals surface area contributed by atoms with E-state index in [0.717, 1.165) is 33.8 Å². The van der Waals surface area contributed by atoms with Crippen LogP contribution in [0.5, 0.6) is 0 Å². The first kappa shape index (κ1) is 16.3. The third-order valence-electron chi connectivity index (χ3n) is 4.18. The van der Waals surface area contributed by atoms with E-state index in [0.29, 0.717) is 13.1 Å². The second-order valence-electron chi connectivity index (χ2n) is 5.69. The number of piperazine rings is 1. The molecule has 1 fully saturated rings. The fourth-order valence-corrected chi connectivity index (χ4v) is 3.50. The van der Waals surface area contributed by atoms with Crippen molar-refractivity contribution in [1.29, 1.82) is 0 Å². The molecule has 0 bridgehead atoms. The molecule has 3 rings (SSSR count). The summed E-state index contributed by atoms with van der Waals surface area (Å²) in [4.78, 5) is 16.9. The highest BCUT2D eigenvalue weighted by Gasteiger charge is 2.24. The van der Waals surface area contributed by atoms with Crippen LogP contribution in [0.2, 0.25) is 5.02 Å². The summed E-state index contributed by atoms with van der Waals surface area (Å²) in [6.07, 6.45) is 0. The van der Waals surface area contributed by atoms with Gasteiger partial charge in [-0.25, -0.2) is 0 Å². The van der Waals surface area contributed by atoms with Gasteiger partial charge in [-0.05, 0) is 52.7 Å². The van der Waals surface area contributed by atoms with Crippen molar-refractivity contribution in [2.45, 2.75) is 6.92 Å². The van der Waals surface area contributed by atoms with Gasteiger partial charge in [0.2, 0.25) is 0 Å². The van der Waals surface area contributed by atoms with E-state index in [9.17, 15) is 4.79 Å². The highest BCUT2D eigenvalue weighted by Crippen LogP contribution is 2.26. The second kappa shape index (κ2) is 6.93. The van der Waals surface area contributed by atoms with Crippen molar-refractivity contribution < 1.29 is 4.79 Å². The van der Waals surface area contributed by atoms with Gasteiger partial charge in [0.25, 0.3) is 5.91 Å². The van der Waals surface area contributed by atoms with Gasteiger partial charge in [0.15, 0.2) is 0 Å². The van der Waals surface area contributed by atoms with E-state index in [1.54, 1.807) is 0 Å². The summed E-state index contributed by atoms with van der Waals surface area (Å²) in [6, 6.07) is 13.5. The van der Waals surface area contributed by atoms with Crippen molar-refractivity contribution in [1.82, 2.24) is 4.90 Å². The smallest absolute Gasteiger partial charge is 0.255 e. The van der Waals surface area contributed by atoms with Crippen LogP contribution >= 0.6 is 27.5 Å². The van der Waals surface area contributed by atoms with Crippen molar-refractivity contribution >= 4 is 39.1 Å². The van der Waals surface area contributed by atoms with Crippen molar-refractivity contribution in [3.8, 4) is 0 Å². The van der Waals surface area contributed by atoms with Crippen LogP contribution in [-0.4, -0.2) is 37.0 Å². The molecule has 2 aromatic carbocycles. The van der Waals surface area contributed by atoms with Gasteiger partial charge in [0.05, 0.1) is 5.56 Å². The Morgan fingerprint density at radius 1 is 1.09 bits per heavy atom. The quantitative estimate of drug-likeness (QED) is 0.756. The largest absolute Gasteiger partial charge is 0.368 e. The fraction of sp³-hybridized carbons (Fsp3) is 0.278. The number of nitrogens with zero attached hydrogens (tertiary/aromatic N) is 2. The predicted molar refractivity (Wildman–Crippen MR) is 98.4 cm³/mol. The molecule has 0 N–H and O–H groups in total. The Labute approximate surface area is 150 Å². The Hall–Kier alpha value is -1.52. The van der Waals surface area contributed by atoms with Gasteiger partial charge in [-0.2, -0.15) is 0 Å². The third-order valence-corrected chi connectivity index (χ3v) is 5.11. The van der Waals surface area contributed by atoms with Gasteiger partial charge in [-0.15, -0.1) is 0 Å². The van der Waals surface area contributed by atoms with Crippen LogP contribution in [0.1, 0.15) is 15.9 Å². The van der Waals surface area contributed by atoms with Crippen LogP contribution in [0.25, 0.3) is 0 Å². The maximum absolute atomic E-state index is 12.6. The van der Waals surface area contributed by atoms with Crippen LogP contribution < -0.4 is 4.90 Å². The molecule has 1 saturated heterocycles. The first-order valence-electron chi connectivity index (χ1n) is 7.61. The minimum atomic E-state index is 0.0833. The minimum absolute atomic E-state index is 0.0833. The van der Waals surface area contributed by atoms with E-state index in [2.05, 4.69) is 27.8 Å². The molecule has 1 amide bonds. The van der Waals surface area contributed by atoms with Crippen molar-refractivity contribution in [2.24, 2.45) is 0 Å². The van der Waals surface area contributed by atoms with E-state index >= 15 is 0 Å². The Balaban J connectivity index is 1.70. The summed E-state index contributed by atoms with van der Waals surface area (Å²) in [7, 11) is 0. The van der Waals surface area contributed by atoms with E-state index in [1.807, 2.05) is 47.4 Å². The first-order chi connectivity index (χ1) is 11.1. The van der Waals surface area contributed by atoms with Crippen LogP contribution in [-0.2, 0) is 0 Å². The Kier molecular flexibility index (Phi) is 4.93. The number of hydrogen-bond acceptors (Lipinski definition) is 2. The van der Waals surface area contributed by atoms with Crippen LogP contribution in [0.3, 0.4) is 0 Å². The summed E-state index contributed by atoms with van der Waals surface area (Å²) >= 11 is 9.57. The van der Waals surface area contributed by atoms with Crippen molar-refractivity contribution in [2.75, 3.05) is 31.1 Å². The predicted octanol–water partition coefficient (Wildman–Crippen LogP) is 4.37. The van der Waals surface area contributed by atoms with E-state index in [-0.39, 0.29) is 5.91 Å². The van der Waals surface area contributed by atoms with E-state index in [1.165, 1.54) is 5.56 Å².